The largest absolute Gasteiger partial charge is 0.481 e. The molecule has 0 radical (unpaired) electrons. The number of esters is 1. The van der Waals surface area contributed by atoms with Crippen LogP contribution in [0.4, 0.5) is 0 Å². The molecule has 0 aromatic heterocycles. The summed E-state index contributed by atoms with van der Waals surface area (Å²) in [7, 11) is 0. The number of hydrogen-bond acceptors (Lipinski definition) is 4. The minimum atomic E-state index is -1.25. The molecule has 2 unspecified atom stereocenters. The average molecular weight is 358 g/mol. The smallest absolute Gasteiger partial charge is 0.344 e. The lowest BCUT2D eigenvalue weighted by Crippen LogP contribution is -2.29. The maximum atomic E-state index is 11.9. The molecule has 0 aliphatic carbocycles. The van der Waals surface area contributed by atoms with E-state index in [9.17, 15) is 14.4 Å². The zero-order valence-electron chi connectivity index (χ0n) is 15.7. The van der Waals surface area contributed by atoms with E-state index in [1.165, 1.54) is 45.4 Å². The fraction of sp³-hybridized carbons (Fsp3) is 0.842. The second-order valence-electron chi connectivity index (χ2n) is 6.68. The summed E-state index contributed by atoms with van der Waals surface area (Å²) >= 11 is 0. The first kappa shape index (κ1) is 23.4. The van der Waals surface area contributed by atoms with Gasteiger partial charge in [-0.3, -0.25) is 9.59 Å². The van der Waals surface area contributed by atoms with Gasteiger partial charge in [-0.05, 0) is 13.3 Å². The van der Waals surface area contributed by atoms with Crippen LogP contribution >= 0.6 is 0 Å². The molecule has 146 valence electrons. The first-order chi connectivity index (χ1) is 11.9. The number of carbonyl (C=O) groups excluding carboxylic acids is 1. The van der Waals surface area contributed by atoms with Crippen LogP contribution in [-0.4, -0.2) is 34.2 Å². The molecule has 2 N–H and O–H groups in total. The third-order valence-corrected chi connectivity index (χ3v) is 4.30. The summed E-state index contributed by atoms with van der Waals surface area (Å²) in [6, 6.07) is 0. The zero-order valence-corrected chi connectivity index (χ0v) is 15.7. The van der Waals surface area contributed by atoms with Gasteiger partial charge in [0, 0.05) is 0 Å². The molecule has 0 aromatic carbocycles. The zero-order chi connectivity index (χ0) is 19.1. The summed E-state index contributed by atoms with van der Waals surface area (Å²) in [5, 5.41) is 17.7. The van der Waals surface area contributed by atoms with E-state index in [4.69, 9.17) is 14.9 Å². The normalized spacial score (nSPS) is 13.2. The lowest BCUT2D eigenvalue weighted by atomic mass is 9.97. The highest BCUT2D eigenvalue weighted by Crippen LogP contribution is 2.18. The molecular weight excluding hydrogens is 324 g/mol. The first-order valence-electron chi connectivity index (χ1n) is 9.53. The lowest BCUT2D eigenvalue weighted by Gasteiger charge is -2.16. The Balaban J connectivity index is 3.94. The fourth-order valence-electron chi connectivity index (χ4n) is 2.71. The second kappa shape index (κ2) is 14.7. The number of aliphatic carboxylic acids is 2. The van der Waals surface area contributed by atoms with Crippen LogP contribution in [0.15, 0.2) is 0 Å². The van der Waals surface area contributed by atoms with Gasteiger partial charge >= 0.3 is 17.9 Å². The van der Waals surface area contributed by atoms with Crippen molar-refractivity contribution in [3.63, 3.8) is 0 Å². The Hall–Kier alpha value is -1.59. The minimum Gasteiger partial charge on any atom is -0.481 e. The number of ether oxygens (including phenoxy) is 1. The Morgan fingerprint density at radius 1 is 0.840 bits per heavy atom. The number of unbranched alkanes of at least 4 members (excludes halogenated alkanes) is 9. The van der Waals surface area contributed by atoms with Crippen LogP contribution in [0.2, 0.25) is 0 Å². The van der Waals surface area contributed by atoms with Crippen molar-refractivity contribution in [2.45, 2.75) is 97.0 Å². The highest BCUT2D eigenvalue weighted by atomic mass is 16.6. The van der Waals surface area contributed by atoms with Gasteiger partial charge in [-0.15, -0.1) is 0 Å². The van der Waals surface area contributed by atoms with Crippen molar-refractivity contribution in [3.05, 3.63) is 0 Å². The van der Waals surface area contributed by atoms with Crippen LogP contribution in [-0.2, 0) is 19.1 Å². The van der Waals surface area contributed by atoms with Crippen molar-refractivity contribution in [2.24, 2.45) is 5.92 Å². The maximum absolute atomic E-state index is 11.9. The SMILES string of the molecule is CCCCCCCCCCCCC(CC(=O)O)C(=O)OC(C)C(=O)O. The summed E-state index contributed by atoms with van der Waals surface area (Å²) in [5.74, 6) is -3.81. The third kappa shape index (κ3) is 13.4. The van der Waals surface area contributed by atoms with Crippen LogP contribution in [0.3, 0.4) is 0 Å². The lowest BCUT2D eigenvalue weighted by molar-refractivity contribution is -0.167. The van der Waals surface area contributed by atoms with Crippen LogP contribution in [0.5, 0.6) is 0 Å². The van der Waals surface area contributed by atoms with Gasteiger partial charge in [0.25, 0.3) is 0 Å². The molecule has 0 saturated heterocycles. The predicted octanol–water partition coefficient (Wildman–Crippen LogP) is 4.40. The standard InChI is InChI=1S/C19H34O6/c1-3-4-5-6-7-8-9-10-11-12-13-16(14-17(20)21)19(24)25-15(2)18(22)23/h15-16H,3-14H2,1-2H3,(H,20,21)(H,22,23). The van der Waals surface area contributed by atoms with Crippen molar-refractivity contribution in [1.82, 2.24) is 0 Å². The number of hydrogen-bond donors (Lipinski definition) is 2. The van der Waals surface area contributed by atoms with Crippen molar-refractivity contribution in [2.75, 3.05) is 0 Å². The number of carbonyl (C=O) groups is 3. The number of carboxylic acids is 2. The summed E-state index contributed by atoms with van der Waals surface area (Å²) < 4.78 is 4.82. The topological polar surface area (TPSA) is 101 Å². The van der Waals surface area contributed by atoms with E-state index in [1.54, 1.807) is 0 Å². The van der Waals surface area contributed by atoms with Gasteiger partial charge in [0.15, 0.2) is 6.10 Å². The molecule has 25 heavy (non-hydrogen) atoms. The summed E-state index contributed by atoms with van der Waals surface area (Å²) in [5.41, 5.74) is 0. The average Bonchev–Trinajstić information content (AvgIpc) is 2.54. The second-order valence-corrected chi connectivity index (χ2v) is 6.68. The Labute approximate surface area is 150 Å². The maximum Gasteiger partial charge on any atom is 0.344 e. The van der Waals surface area contributed by atoms with Gasteiger partial charge < -0.3 is 14.9 Å². The monoisotopic (exact) mass is 358 g/mol. The van der Waals surface area contributed by atoms with Crippen molar-refractivity contribution in [1.29, 1.82) is 0 Å². The Morgan fingerprint density at radius 2 is 1.32 bits per heavy atom. The van der Waals surface area contributed by atoms with Crippen LogP contribution in [0.25, 0.3) is 0 Å². The Kier molecular flexibility index (Phi) is 13.8. The molecule has 0 saturated carbocycles. The predicted molar refractivity (Wildman–Crippen MR) is 95.4 cm³/mol. The molecule has 0 amide bonds. The molecule has 0 fully saturated rings. The van der Waals surface area contributed by atoms with Crippen LogP contribution in [0, 0.1) is 5.92 Å². The molecule has 0 rings (SSSR count). The van der Waals surface area contributed by atoms with E-state index in [2.05, 4.69) is 6.92 Å². The van der Waals surface area contributed by atoms with Gasteiger partial charge in [0.2, 0.25) is 0 Å². The summed E-state index contributed by atoms with van der Waals surface area (Å²) in [4.78, 5) is 33.6. The Bertz CT molecular complexity index is 393. The van der Waals surface area contributed by atoms with Crippen molar-refractivity contribution >= 4 is 17.9 Å². The van der Waals surface area contributed by atoms with Gasteiger partial charge in [-0.2, -0.15) is 0 Å². The van der Waals surface area contributed by atoms with E-state index >= 15 is 0 Å². The van der Waals surface area contributed by atoms with Gasteiger partial charge in [-0.25, -0.2) is 4.79 Å². The van der Waals surface area contributed by atoms with E-state index < -0.39 is 29.9 Å². The molecule has 6 heteroatoms. The molecule has 2 atom stereocenters. The summed E-state index contributed by atoms with van der Waals surface area (Å²) in [6.07, 6.45) is 10.5. The van der Waals surface area contributed by atoms with Crippen molar-refractivity contribution < 1.29 is 29.3 Å². The molecule has 0 spiro atoms. The highest BCUT2D eigenvalue weighted by molar-refractivity contribution is 5.82. The fourth-order valence-corrected chi connectivity index (χ4v) is 2.71. The molecule has 0 aliphatic rings. The summed E-state index contributed by atoms with van der Waals surface area (Å²) in [6.45, 7) is 3.47. The number of rotatable bonds is 16. The quantitative estimate of drug-likeness (QED) is 0.313. The highest BCUT2D eigenvalue weighted by Gasteiger charge is 2.26. The van der Waals surface area contributed by atoms with Crippen LogP contribution < -0.4 is 0 Å². The molecular formula is C19H34O6. The van der Waals surface area contributed by atoms with E-state index in [0.29, 0.717) is 6.42 Å². The Morgan fingerprint density at radius 3 is 1.76 bits per heavy atom. The first-order valence-corrected chi connectivity index (χ1v) is 9.53. The van der Waals surface area contributed by atoms with Gasteiger partial charge in [0.1, 0.15) is 0 Å². The van der Waals surface area contributed by atoms with Gasteiger partial charge in [-0.1, -0.05) is 71.1 Å². The van der Waals surface area contributed by atoms with Crippen LogP contribution in [0.1, 0.15) is 90.9 Å². The van der Waals surface area contributed by atoms with E-state index in [1.807, 2.05) is 0 Å². The molecule has 0 heterocycles. The molecule has 0 bridgehead atoms. The van der Waals surface area contributed by atoms with Crippen molar-refractivity contribution in [3.8, 4) is 0 Å². The molecule has 6 nitrogen and oxygen atoms in total. The molecule has 0 aliphatic heterocycles. The van der Waals surface area contributed by atoms with Gasteiger partial charge in [0.05, 0.1) is 12.3 Å². The molecule has 0 aromatic rings. The third-order valence-electron chi connectivity index (χ3n) is 4.30. The van der Waals surface area contributed by atoms with E-state index in [-0.39, 0.29) is 6.42 Å². The minimum absolute atomic E-state index is 0.317. The number of carboxylic acid groups (broad SMARTS) is 2. The van der Waals surface area contributed by atoms with E-state index in [0.717, 1.165) is 25.7 Å².